The zero-order valence-electron chi connectivity index (χ0n) is 17.0. The number of aromatic nitrogens is 2. The summed E-state index contributed by atoms with van der Waals surface area (Å²) in [5, 5.41) is 0.806. The van der Waals surface area contributed by atoms with Crippen LogP contribution in [-0.2, 0) is 0 Å². The topological polar surface area (TPSA) is 31.9 Å². The molecule has 5 rings (SSSR count). The molecule has 156 valence electrons. The fourth-order valence-corrected chi connectivity index (χ4v) is 5.47. The third-order valence-electron chi connectivity index (χ3n) is 7.00. The Morgan fingerprint density at radius 3 is 2.45 bits per heavy atom. The molecule has 1 N–H and O–H groups in total. The van der Waals surface area contributed by atoms with Gasteiger partial charge in [-0.05, 0) is 87.0 Å². The molecule has 3 heterocycles. The summed E-state index contributed by atoms with van der Waals surface area (Å²) in [6.07, 6.45) is 3.74. The molecule has 2 aliphatic heterocycles. The minimum Gasteiger partial charge on any atom is -0.342 e. The number of nitrogens with one attached hydrogen (secondary N) is 1. The minimum atomic E-state index is 0. The van der Waals surface area contributed by atoms with Gasteiger partial charge in [-0.3, -0.25) is 4.90 Å². The first-order valence-electron chi connectivity index (χ1n) is 9.95. The summed E-state index contributed by atoms with van der Waals surface area (Å²) in [5.41, 5.74) is 6.25. The number of rotatable bonds is 2. The Morgan fingerprint density at radius 2 is 1.72 bits per heavy atom. The number of benzene rings is 2. The van der Waals surface area contributed by atoms with Crippen molar-refractivity contribution in [1.82, 2.24) is 14.9 Å². The number of aromatic amines is 1. The summed E-state index contributed by atoms with van der Waals surface area (Å²) in [7, 11) is 2.30. The van der Waals surface area contributed by atoms with Gasteiger partial charge in [0.05, 0.1) is 11.0 Å². The van der Waals surface area contributed by atoms with Crippen LogP contribution in [0.5, 0.6) is 0 Å². The summed E-state index contributed by atoms with van der Waals surface area (Å²) in [6, 6.07) is 14.2. The molecular formula is C23H28Cl3N3. The highest BCUT2D eigenvalue weighted by Crippen LogP contribution is 2.50. The molecule has 2 aliphatic rings. The number of fused-ring (bicyclic) bond motifs is 3. The fourth-order valence-electron chi connectivity index (χ4n) is 5.34. The first kappa shape index (κ1) is 22.4. The molecule has 3 aromatic rings. The van der Waals surface area contributed by atoms with Gasteiger partial charge >= 0.3 is 0 Å². The van der Waals surface area contributed by atoms with Crippen molar-refractivity contribution in [3.63, 3.8) is 0 Å². The van der Waals surface area contributed by atoms with Gasteiger partial charge in [0.1, 0.15) is 5.82 Å². The van der Waals surface area contributed by atoms with Crippen molar-refractivity contribution in [3.05, 3.63) is 63.9 Å². The van der Waals surface area contributed by atoms with E-state index in [0.29, 0.717) is 23.9 Å². The molecule has 2 fully saturated rings. The van der Waals surface area contributed by atoms with Crippen molar-refractivity contribution in [2.24, 2.45) is 0 Å². The second kappa shape index (κ2) is 8.47. The molecule has 0 aliphatic carbocycles. The Kier molecular flexibility index (Phi) is 6.55. The molecule has 6 heteroatoms. The molecule has 0 saturated carbocycles. The van der Waals surface area contributed by atoms with Crippen LogP contribution < -0.4 is 0 Å². The van der Waals surface area contributed by atoms with Gasteiger partial charge in [-0.2, -0.15) is 0 Å². The average Bonchev–Trinajstić information content (AvgIpc) is 3.13. The van der Waals surface area contributed by atoms with Crippen LogP contribution in [-0.4, -0.2) is 34.0 Å². The van der Waals surface area contributed by atoms with Gasteiger partial charge in [0, 0.05) is 23.0 Å². The third-order valence-corrected chi connectivity index (χ3v) is 7.25. The maximum absolute atomic E-state index is 6.15. The minimum absolute atomic E-state index is 0. The van der Waals surface area contributed by atoms with Crippen molar-refractivity contribution in [2.45, 2.75) is 57.0 Å². The molecule has 2 bridgehead atoms. The van der Waals surface area contributed by atoms with E-state index in [-0.39, 0.29) is 24.8 Å². The number of hydrogen-bond donors (Lipinski definition) is 1. The Hall–Kier alpha value is -1.26. The van der Waals surface area contributed by atoms with Gasteiger partial charge in [0.2, 0.25) is 0 Å². The number of hydrogen-bond acceptors (Lipinski definition) is 2. The van der Waals surface area contributed by atoms with Gasteiger partial charge in [-0.25, -0.2) is 4.98 Å². The van der Waals surface area contributed by atoms with Crippen LogP contribution in [0, 0.1) is 13.8 Å². The molecule has 1 aromatic heterocycles. The molecule has 2 aromatic carbocycles. The summed E-state index contributed by atoms with van der Waals surface area (Å²) in [5.74, 6) is 2.02. The lowest BCUT2D eigenvalue weighted by atomic mass is 9.76. The van der Waals surface area contributed by atoms with Crippen molar-refractivity contribution < 1.29 is 0 Å². The molecule has 29 heavy (non-hydrogen) atoms. The Morgan fingerprint density at radius 1 is 1.03 bits per heavy atom. The molecule has 0 spiro atoms. The van der Waals surface area contributed by atoms with Crippen molar-refractivity contribution in [2.75, 3.05) is 7.05 Å². The number of H-pyrrole nitrogens is 1. The van der Waals surface area contributed by atoms with E-state index < -0.39 is 0 Å². The second-order valence-corrected chi connectivity index (χ2v) is 8.90. The van der Waals surface area contributed by atoms with Crippen LogP contribution in [0.2, 0.25) is 5.02 Å². The van der Waals surface area contributed by atoms with Gasteiger partial charge in [-0.1, -0.05) is 23.7 Å². The zero-order valence-corrected chi connectivity index (χ0v) is 19.4. The first-order chi connectivity index (χ1) is 13.0. The second-order valence-electron chi connectivity index (χ2n) is 8.46. The van der Waals surface area contributed by atoms with Crippen LogP contribution in [0.1, 0.15) is 53.6 Å². The van der Waals surface area contributed by atoms with Gasteiger partial charge < -0.3 is 4.98 Å². The van der Waals surface area contributed by atoms with E-state index in [4.69, 9.17) is 16.6 Å². The smallest absolute Gasteiger partial charge is 0.112 e. The monoisotopic (exact) mass is 451 g/mol. The van der Waals surface area contributed by atoms with E-state index in [1.807, 2.05) is 12.1 Å². The SMILES string of the molecule is Cc1cc2nc([C@H]3[C@@H](c4ccc(Cl)cc4)C[C@@H]4CC[C@H]3N4C)[nH]c2cc1C.Cl.Cl. The molecule has 2 saturated heterocycles. The Bertz CT molecular complexity index is 960. The van der Waals surface area contributed by atoms with E-state index in [2.05, 4.69) is 55.0 Å². The maximum atomic E-state index is 6.15. The maximum Gasteiger partial charge on any atom is 0.112 e. The summed E-state index contributed by atoms with van der Waals surface area (Å²) >= 11 is 6.15. The van der Waals surface area contributed by atoms with Crippen molar-refractivity contribution in [1.29, 1.82) is 0 Å². The number of imidazole rings is 1. The molecular weight excluding hydrogens is 425 g/mol. The number of nitrogens with zero attached hydrogens (tertiary/aromatic N) is 2. The predicted molar refractivity (Wildman–Crippen MR) is 126 cm³/mol. The van der Waals surface area contributed by atoms with Crippen LogP contribution in [0.4, 0.5) is 0 Å². The van der Waals surface area contributed by atoms with Crippen LogP contribution in [0.15, 0.2) is 36.4 Å². The molecule has 0 unspecified atom stereocenters. The quantitative estimate of drug-likeness (QED) is 0.487. The van der Waals surface area contributed by atoms with E-state index in [0.717, 1.165) is 21.9 Å². The van der Waals surface area contributed by atoms with Gasteiger partial charge in [0.15, 0.2) is 0 Å². The summed E-state index contributed by atoms with van der Waals surface area (Å²) < 4.78 is 0. The lowest BCUT2D eigenvalue weighted by molar-refractivity contribution is 0.134. The highest BCUT2D eigenvalue weighted by atomic mass is 35.5. The first-order valence-corrected chi connectivity index (χ1v) is 10.3. The summed E-state index contributed by atoms with van der Waals surface area (Å²) in [6.45, 7) is 4.33. The molecule has 0 amide bonds. The number of aryl methyl sites for hydroxylation is 2. The number of piperidine rings is 1. The van der Waals surface area contributed by atoms with E-state index in [1.54, 1.807) is 0 Å². The van der Waals surface area contributed by atoms with Crippen molar-refractivity contribution in [3.8, 4) is 0 Å². The highest BCUT2D eigenvalue weighted by Gasteiger charge is 2.47. The normalized spacial score (nSPS) is 26.2. The molecule has 0 radical (unpaired) electrons. The van der Waals surface area contributed by atoms with Gasteiger partial charge in [-0.15, -0.1) is 24.8 Å². The molecule has 3 nitrogen and oxygen atoms in total. The van der Waals surface area contributed by atoms with Crippen LogP contribution >= 0.6 is 36.4 Å². The Labute approximate surface area is 190 Å². The van der Waals surface area contributed by atoms with E-state index in [1.165, 1.54) is 36.0 Å². The highest BCUT2D eigenvalue weighted by molar-refractivity contribution is 6.30. The largest absolute Gasteiger partial charge is 0.342 e. The standard InChI is InChI=1S/C23H26ClN3.2ClH/c1-13-10-19-20(11-14(13)2)26-23(25-19)22-18(15-4-6-16(24)7-5-15)12-17-8-9-21(22)27(17)3;;/h4-7,10-11,17-18,21-22H,8-9,12H2,1-3H3,(H,25,26);2*1H/t17-,18+,21+,22-;;/m0../s1. The zero-order chi connectivity index (χ0) is 18.7. The van der Waals surface area contributed by atoms with Crippen LogP contribution in [0.25, 0.3) is 11.0 Å². The summed E-state index contributed by atoms with van der Waals surface area (Å²) in [4.78, 5) is 11.4. The number of halogens is 3. The van der Waals surface area contributed by atoms with Crippen molar-refractivity contribution >= 4 is 47.4 Å². The van der Waals surface area contributed by atoms with E-state index in [9.17, 15) is 0 Å². The van der Waals surface area contributed by atoms with Gasteiger partial charge in [0.25, 0.3) is 0 Å². The Balaban J connectivity index is 0.00000120. The van der Waals surface area contributed by atoms with E-state index >= 15 is 0 Å². The average molecular weight is 453 g/mol. The predicted octanol–water partition coefficient (Wildman–Crippen LogP) is 6.41. The van der Waals surface area contributed by atoms with Crippen LogP contribution in [0.3, 0.4) is 0 Å². The molecule has 4 atom stereocenters. The number of likely N-dealkylation sites (N-methyl/N-ethyl adjacent to an activating group) is 1. The lowest BCUT2D eigenvalue weighted by Gasteiger charge is -2.42. The third kappa shape index (κ3) is 3.79. The lowest BCUT2D eigenvalue weighted by Crippen LogP contribution is -2.44. The fraction of sp³-hybridized carbons (Fsp3) is 0.435.